The molecule has 3 heterocycles. The van der Waals surface area contributed by atoms with Gasteiger partial charge in [-0.2, -0.15) is 0 Å². The average molecular weight is 437 g/mol. The number of benzene rings is 2. The van der Waals surface area contributed by atoms with Gasteiger partial charge >= 0.3 is 0 Å². The molecule has 5 rings (SSSR count). The van der Waals surface area contributed by atoms with Gasteiger partial charge in [-0.1, -0.05) is 12.1 Å². The van der Waals surface area contributed by atoms with Crippen LogP contribution in [0, 0.1) is 0 Å². The molecule has 0 radical (unpaired) electrons. The van der Waals surface area contributed by atoms with Gasteiger partial charge in [0.05, 0.1) is 21.2 Å². The summed E-state index contributed by atoms with van der Waals surface area (Å²) in [6, 6.07) is 11.1. The molecule has 0 spiro atoms. The fourth-order valence-corrected chi connectivity index (χ4v) is 6.38. The molecule has 31 heavy (non-hydrogen) atoms. The second kappa shape index (κ2) is 7.79. The van der Waals surface area contributed by atoms with E-state index < -0.39 is 9.84 Å². The van der Waals surface area contributed by atoms with Gasteiger partial charge in [0.1, 0.15) is 11.7 Å². The Kier molecular flexibility index (Phi) is 5.08. The normalized spacial score (nSPS) is 22.6. The number of sulfone groups is 1. The van der Waals surface area contributed by atoms with Gasteiger partial charge in [-0.05, 0) is 49.9 Å². The Bertz CT molecular complexity index is 1110. The molecule has 2 fully saturated rings. The van der Waals surface area contributed by atoms with Crippen LogP contribution in [0.2, 0.25) is 0 Å². The fourth-order valence-electron chi connectivity index (χ4n) is 4.65. The molecular formula is C24H28N4O2S. The zero-order chi connectivity index (χ0) is 21.6. The molecule has 2 saturated heterocycles. The van der Waals surface area contributed by atoms with Crippen molar-refractivity contribution in [1.82, 2.24) is 9.80 Å². The Morgan fingerprint density at radius 3 is 1.58 bits per heavy atom. The molecule has 0 saturated carbocycles. The van der Waals surface area contributed by atoms with E-state index in [0.717, 1.165) is 61.6 Å². The number of fused-ring (bicyclic) bond motifs is 3. The lowest BCUT2D eigenvalue weighted by Gasteiger charge is -2.26. The van der Waals surface area contributed by atoms with Crippen molar-refractivity contribution >= 4 is 32.9 Å². The maximum atomic E-state index is 13.4. The van der Waals surface area contributed by atoms with Gasteiger partial charge in [-0.25, -0.2) is 18.4 Å². The quantitative estimate of drug-likeness (QED) is 0.579. The van der Waals surface area contributed by atoms with Crippen LogP contribution in [-0.2, 0) is 9.84 Å². The van der Waals surface area contributed by atoms with Crippen LogP contribution < -0.4 is 0 Å². The van der Waals surface area contributed by atoms with Crippen molar-refractivity contribution in [3.8, 4) is 11.1 Å². The molecule has 3 aliphatic rings. The smallest absolute Gasteiger partial charge is 0.207 e. The maximum Gasteiger partial charge on any atom is 0.207 e. The zero-order valence-corrected chi connectivity index (χ0v) is 19.0. The Morgan fingerprint density at radius 1 is 0.710 bits per heavy atom. The Labute approximate surface area is 184 Å². The average Bonchev–Trinajstić information content (AvgIpc) is 2.98. The largest absolute Gasteiger partial charge is 0.363 e. The van der Waals surface area contributed by atoms with Crippen molar-refractivity contribution in [3.05, 3.63) is 36.4 Å². The monoisotopic (exact) mass is 436 g/mol. The number of piperidine rings is 2. The summed E-state index contributed by atoms with van der Waals surface area (Å²) < 4.78 is 26.8. The Balaban J connectivity index is 1.52. The number of likely N-dealkylation sites (tertiary alicyclic amines) is 2. The van der Waals surface area contributed by atoms with Gasteiger partial charge in [0.15, 0.2) is 0 Å². The zero-order valence-electron chi connectivity index (χ0n) is 18.1. The van der Waals surface area contributed by atoms with Crippen LogP contribution in [0.4, 0.5) is 11.4 Å². The van der Waals surface area contributed by atoms with E-state index in [0.29, 0.717) is 21.2 Å². The first-order chi connectivity index (χ1) is 14.9. The number of nitrogens with zero attached hydrogens (tertiary/aromatic N) is 4. The molecule has 2 aromatic rings. The molecular weight excluding hydrogens is 408 g/mol. The van der Waals surface area contributed by atoms with Crippen LogP contribution in [0.25, 0.3) is 11.1 Å². The van der Waals surface area contributed by atoms with Crippen molar-refractivity contribution in [3.63, 3.8) is 0 Å². The second-order valence-corrected chi connectivity index (χ2v) is 10.6. The van der Waals surface area contributed by atoms with E-state index in [-0.39, 0.29) is 0 Å². The van der Waals surface area contributed by atoms with Crippen molar-refractivity contribution in [2.45, 2.75) is 48.3 Å². The highest BCUT2D eigenvalue weighted by Gasteiger charge is 2.33. The number of amidine groups is 2. The highest BCUT2D eigenvalue weighted by Crippen LogP contribution is 2.45. The topological polar surface area (TPSA) is 65.3 Å². The molecule has 0 unspecified atom stereocenters. The minimum Gasteiger partial charge on any atom is -0.363 e. The van der Waals surface area contributed by atoms with Crippen LogP contribution in [0.15, 0.2) is 56.2 Å². The summed E-state index contributed by atoms with van der Waals surface area (Å²) in [5.41, 5.74) is 2.90. The summed E-state index contributed by atoms with van der Waals surface area (Å²) in [7, 11) is 0.508. The van der Waals surface area contributed by atoms with E-state index in [2.05, 4.69) is 9.80 Å². The molecule has 0 aliphatic carbocycles. The van der Waals surface area contributed by atoms with Crippen LogP contribution in [0.1, 0.15) is 38.5 Å². The highest BCUT2D eigenvalue weighted by molar-refractivity contribution is 7.92. The predicted molar refractivity (Wildman–Crippen MR) is 124 cm³/mol. The van der Waals surface area contributed by atoms with Gasteiger partial charge in [-0.15, -0.1) is 0 Å². The molecule has 0 atom stereocenters. The van der Waals surface area contributed by atoms with Crippen LogP contribution >= 0.6 is 0 Å². The van der Waals surface area contributed by atoms with Crippen LogP contribution in [-0.4, -0.2) is 57.1 Å². The lowest BCUT2D eigenvalue weighted by molar-refractivity contribution is 0.434. The van der Waals surface area contributed by atoms with E-state index in [9.17, 15) is 8.42 Å². The van der Waals surface area contributed by atoms with Gasteiger partial charge in [0.25, 0.3) is 0 Å². The third-order valence-corrected chi connectivity index (χ3v) is 8.32. The number of rotatable bonds is 2. The summed E-state index contributed by atoms with van der Waals surface area (Å²) in [6.45, 7) is 1.99. The fraction of sp³-hybridized carbons (Fsp3) is 0.417. The van der Waals surface area contributed by atoms with Crippen LogP contribution in [0.3, 0.4) is 0 Å². The predicted octanol–water partition coefficient (Wildman–Crippen LogP) is 4.79. The summed E-state index contributed by atoms with van der Waals surface area (Å²) in [5.74, 6) is 2.04. The summed E-state index contributed by atoms with van der Waals surface area (Å²) in [4.78, 5) is 14.5. The summed E-state index contributed by atoms with van der Waals surface area (Å²) in [6.07, 6.45) is 6.45. The molecule has 0 amide bonds. The van der Waals surface area contributed by atoms with E-state index >= 15 is 0 Å². The van der Waals surface area contributed by atoms with Gasteiger partial charge < -0.3 is 9.80 Å². The lowest BCUT2D eigenvalue weighted by atomic mass is 10.0. The van der Waals surface area contributed by atoms with E-state index in [1.165, 1.54) is 12.8 Å². The first-order valence-corrected chi connectivity index (χ1v) is 12.5. The minimum atomic E-state index is -3.58. The molecule has 0 bridgehead atoms. The van der Waals surface area contributed by atoms with Gasteiger partial charge in [-0.3, -0.25) is 0 Å². The van der Waals surface area contributed by atoms with E-state index in [4.69, 9.17) is 9.98 Å². The third-order valence-electron chi connectivity index (χ3n) is 6.48. The van der Waals surface area contributed by atoms with Crippen molar-refractivity contribution < 1.29 is 8.42 Å². The second-order valence-electron chi connectivity index (χ2n) is 8.68. The molecule has 0 aromatic heterocycles. The van der Waals surface area contributed by atoms with E-state index in [1.807, 2.05) is 38.4 Å². The lowest BCUT2D eigenvalue weighted by Crippen LogP contribution is -2.31. The third kappa shape index (κ3) is 3.65. The molecule has 0 N–H and O–H groups in total. The van der Waals surface area contributed by atoms with Gasteiger partial charge in [0.2, 0.25) is 9.84 Å². The Morgan fingerprint density at radius 2 is 1.16 bits per heavy atom. The SMILES string of the molecule is CN1CCCCC1=Nc1ccc2c(c1)S(=O)(=O)c1cc(N=C3CCCCN3C)ccc1-2. The summed E-state index contributed by atoms with van der Waals surface area (Å²) >= 11 is 0. The molecule has 162 valence electrons. The maximum absolute atomic E-state index is 13.4. The van der Waals surface area contributed by atoms with Crippen molar-refractivity contribution in [1.29, 1.82) is 0 Å². The van der Waals surface area contributed by atoms with Crippen molar-refractivity contribution in [2.24, 2.45) is 9.98 Å². The summed E-state index contributed by atoms with van der Waals surface area (Å²) in [5, 5.41) is 0. The minimum absolute atomic E-state index is 0.349. The number of hydrogen-bond donors (Lipinski definition) is 0. The number of aliphatic imine (C=N–C) groups is 2. The van der Waals surface area contributed by atoms with Crippen molar-refractivity contribution in [2.75, 3.05) is 27.2 Å². The van der Waals surface area contributed by atoms with Gasteiger partial charge in [0, 0.05) is 51.2 Å². The standard InChI is InChI=1S/C24H28N4O2S/c1-27-13-5-3-7-23(27)25-17-9-11-19-20-12-10-18(26-24-8-4-6-14-28(24)2)16-22(20)31(29,30)21(19)15-17/h9-12,15-16H,3-8,13-14H2,1-2H3. The molecule has 3 aliphatic heterocycles. The Hall–Kier alpha value is -2.67. The first-order valence-electron chi connectivity index (χ1n) is 11.0. The number of hydrogen-bond acceptors (Lipinski definition) is 4. The first kappa shape index (κ1) is 20.2. The molecule has 7 heteroatoms. The molecule has 2 aromatic carbocycles. The highest BCUT2D eigenvalue weighted by atomic mass is 32.2. The van der Waals surface area contributed by atoms with Crippen LogP contribution in [0.5, 0.6) is 0 Å². The molecule has 6 nitrogen and oxygen atoms in total. The van der Waals surface area contributed by atoms with E-state index in [1.54, 1.807) is 12.1 Å².